The Kier molecular flexibility index (Phi) is 5.14. The Bertz CT molecular complexity index is 1280. The highest BCUT2D eigenvalue weighted by Gasteiger charge is 2.30. The Balaban J connectivity index is 1.89. The van der Waals surface area contributed by atoms with Crippen LogP contribution >= 0.6 is 11.3 Å². The van der Waals surface area contributed by atoms with Gasteiger partial charge in [-0.1, -0.05) is 53.8 Å². The van der Waals surface area contributed by atoms with E-state index in [1.807, 2.05) is 42.5 Å². The predicted molar refractivity (Wildman–Crippen MR) is 111 cm³/mol. The van der Waals surface area contributed by atoms with Crippen LogP contribution in [0.15, 0.2) is 80.3 Å². The minimum Gasteiger partial charge on any atom is -0.466 e. The molecule has 1 aliphatic heterocycles. The van der Waals surface area contributed by atoms with Crippen LogP contribution in [0.25, 0.3) is 12.2 Å². The molecule has 0 aliphatic carbocycles. The van der Waals surface area contributed by atoms with Gasteiger partial charge >= 0.3 is 5.97 Å². The molecular weight excluding hydrogens is 388 g/mol. The highest BCUT2D eigenvalue weighted by molar-refractivity contribution is 7.07. The van der Waals surface area contributed by atoms with Gasteiger partial charge in [0.1, 0.15) is 5.76 Å². The fourth-order valence-corrected chi connectivity index (χ4v) is 4.22. The number of hydrogen-bond donors (Lipinski definition) is 0. The van der Waals surface area contributed by atoms with Crippen LogP contribution < -0.4 is 14.9 Å². The van der Waals surface area contributed by atoms with E-state index < -0.39 is 12.0 Å². The summed E-state index contributed by atoms with van der Waals surface area (Å²) in [7, 11) is 1.32. The molecule has 0 spiro atoms. The third kappa shape index (κ3) is 3.64. The number of benzene rings is 1. The largest absolute Gasteiger partial charge is 0.466 e. The number of esters is 1. The number of allylic oxidation sites excluding steroid dienone is 2. The molecule has 3 aromatic rings. The van der Waals surface area contributed by atoms with E-state index in [2.05, 4.69) is 4.99 Å². The summed E-state index contributed by atoms with van der Waals surface area (Å²) < 4.78 is 12.3. The van der Waals surface area contributed by atoms with Gasteiger partial charge in [0.2, 0.25) is 0 Å². The smallest absolute Gasteiger partial charge is 0.338 e. The Morgan fingerprint density at radius 2 is 2.03 bits per heavy atom. The zero-order chi connectivity index (χ0) is 20.4. The van der Waals surface area contributed by atoms with Crippen LogP contribution in [-0.4, -0.2) is 17.6 Å². The van der Waals surface area contributed by atoms with Crippen molar-refractivity contribution in [1.82, 2.24) is 4.57 Å². The number of methoxy groups -OCH3 is 1. The standard InChI is InChI=1S/C22H18N2O4S/c1-14-19(21(26)27-2)17(11-10-15-7-4-3-5-8-15)24-20(25)18(29-22(24)23-14)13-16-9-6-12-28-16/h3-13,17H,1-2H3/b11-10+,18-13-. The molecular formula is C22H18N2O4S. The predicted octanol–water partition coefficient (Wildman–Crippen LogP) is 2.67. The molecule has 0 fully saturated rings. The van der Waals surface area contributed by atoms with E-state index in [0.717, 1.165) is 5.56 Å². The van der Waals surface area contributed by atoms with E-state index in [9.17, 15) is 9.59 Å². The molecule has 0 saturated carbocycles. The van der Waals surface area contributed by atoms with Crippen molar-refractivity contribution in [3.63, 3.8) is 0 Å². The normalized spacial score (nSPS) is 16.8. The molecule has 0 radical (unpaired) electrons. The van der Waals surface area contributed by atoms with Crippen molar-refractivity contribution in [3.05, 3.63) is 97.1 Å². The Labute approximate surface area is 170 Å². The van der Waals surface area contributed by atoms with Crippen molar-refractivity contribution >= 4 is 29.5 Å². The zero-order valence-electron chi connectivity index (χ0n) is 15.9. The zero-order valence-corrected chi connectivity index (χ0v) is 16.7. The lowest BCUT2D eigenvalue weighted by molar-refractivity contribution is -0.136. The highest BCUT2D eigenvalue weighted by Crippen LogP contribution is 2.26. The van der Waals surface area contributed by atoms with E-state index in [1.165, 1.54) is 23.0 Å². The quantitative estimate of drug-likeness (QED) is 0.625. The number of rotatable bonds is 4. The second-order valence-corrected chi connectivity index (χ2v) is 7.41. The summed E-state index contributed by atoms with van der Waals surface area (Å²) in [5, 5.41) is 0. The molecule has 0 amide bonds. The summed E-state index contributed by atoms with van der Waals surface area (Å²) in [4.78, 5) is 30.6. The first-order valence-corrected chi connectivity index (χ1v) is 9.78. The number of carbonyl (C=O) groups excluding carboxylic acids is 1. The Morgan fingerprint density at radius 1 is 1.24 bits per heavy atom. The van der Waals surface area contributed by atoms with Gasteiger partial charge in [0.25, 0.3) is 5.56 Å². The van der Waals surface area contributed by atoms with Crippen LogP contribution in [0.3, 0.4) is 0 Å². The lowest BCUT2D eigenvalue weighted by Crippen LogP contribution is -2.38. The third-order valence-electron chi connectivity index (χ3n) is 4.56. The van der Waals surface area contributed by atoms with Crippen molar-refractivity contribution in [2.24, 2.45) is 4.99 Å². The minimum atomic E-state index is -0.613. The van der Waals surface area contributed by atoms with Gasteiger partial charge in [0, 0.05) is 6.08 Å². The molecule has 1 aliphatic rings. The Morgan fingerprint density at radius 3 is 2.72 bits per heavy atom. The SMILES string of the molecule is COC(=O)C1=C(C)N=c2s/c(=C\c3ccco3)c(=O)n2C1/C=C/c1ccccc1. The number of hydrogen-bond acceptors (Lipinski definition) is 6. The number of fused-ring (bicyclic) bond motifs is 1. The van der Waals surface area contributed by atoms with E-state index in [-0.39, 0.29) is 5.56 Å². The molecule has 1 unspecified atom stereocenters. The minimum absolute atomic E-state index is 0.234. The number of aromatic nitrogens is 1. The van der Waals surface area contributed by atoms with Crippen LogP contribution in [0.1, 0.15) is 24.3 Å². The number of thiazole rings is 1. The summed E-state index contributed by atoms with van der Waals surface area (Å²) in [6, 6.07) is 12.6. The summed E-state index contributed by atoms with van der Waals surface area (Å²) >= 11 is 1.26. The fourth-order valence-electron chi connectivity index (χ4n) is 3.19. The summed E-state index contributed by atoms with van der Waals surface area (Å²) in [5.41, 5.74) is 1.60. The molecule has 4 rings (SSSR count). The van der Waals surface area contributed by atoms with Crippen molar-refractivity contribution in [3.8, 4) is 0 Å². The average molecular weight is 406 g/mol. The monoisotopic (exact) mass is 406 g/mol. The second kappa shape index (κ2) is 7.89. The maximum Gasteiger partial charge on any atom is 0.338 e. The van der Waals surface area contributed by atoms with Crippen LogP contribution in [0.4, 0.5) is 0 Å². The molecule has 2 aromatic heterocycles. The number of furan rings is 1. The summed E-state index contributed by atoms with van der Waals surface area (Å²) in [6.07, 6.45) is 6.94. The maximum absolute atomic E-state index is 13.2. The van der Waals surface area contributed by atoms with Gasteiger partial charge in [-0.15, -0.1) is 0 Å². The second-order valence-electron chi connectivity index (χ2n) is 6.40. The first kappa shape index (κ1) is 18.9. The van der Waals surface area contributed by atoms with E-state index in [4.69, 9.17) is 9.15 Å². The molecule has 0 N–H and O–H groups in total. The van der Waals surface area contributed by atoms with Gasteiger partial charge in [-0.05, 0) is 24.6 Å². The molecule has 0 bridgehead atoms. The number of ether oxygens (including phenoxy) is 1. The number of nitrogens with zero attached hydrogens (tertiary/aromatic N) is 2. The highest BCUT2D eigenvalue weighted by atomic mass is 32.1. The molecule has 29 heavy (non-hydrogen) atoms. The van der Waals surface area contributed by atoms with Gasteiger partial charge in [-0.3, -0.25) is 9.36 Å². The molecule has 1 atom stereocenters. The topological polar surface area (TPSA) is 73.8 Å². The molecule has 1 aromatic carbocycles. The summed E-state index contributed by atoms with van der Waals surface area (Å²) in [5.74, 6) is 0.0739. The number of carbonyl (C=O) groups is 1. The van der Waals surface area contributed by atoms with E-state index >= 15 is 0 Å². The van der Waals surface area contributed by atoms with Gasteiger partial charge in [0.05, 0.1) is 35.2 Å². The van der Waals surface area contributed by atoms with Crippen LogP contribution in [-0.2, 0) is 9.53 Å². The molecule has 6 nitrogen and oxygen atoms in total. The fraction of sp³-hybridized carbons (Fsp3) is 0.136. The Hall–Kier alpha value is -3.45. The van der Waals surface area contributed by atoms with E-state index in [1.54, 1.807) is 31.4 Å². The third-order valence-corrected chi connectivity index (χ3v) is 5.54. The molecule has 7 heteroatoms. The van der Waals surface area contributed by atoms with Crippen molar-refractivity contribution in [2.45, 2.75) is 13.0 Å². The van der Waals surface area contributed by atoms with Crippen LogP contribution in [0, 0.1) is 0 Å². The lowest BCUT2D eigenvalue weighted by Gasteiger charge is -2.21. The van der Waals surface area contributed by atoms with Gasteiger partial charge in [0.15, 0.2) is 4.80 Å². The molecule has 3 heterocycles. The van der Waals surface area contributed by atoms with Crippen molar-refractivity contribution in [2.75, 3.05) is 7.11 Å². The first-order valence-electron chi connectivity index (χ1n) is 8.96. The van der Waals surface area contributed by atoms with Gasteiger partial charge < -0.3 is 9.15 Å². The van der Waals surface area contributed by atoms with Gasteiger partial charge in [-0.2, -0.15) is 0 Å². The average Bonchev–Trinajstić information content (AvgIpc) is 3.34. The lowest BCUT2D eigenvalue weighted by atomic mass is 10.0. The van der Waals surface area contributed by atoms with Crippen LogP contribution in [0.5, 0.6) is 0 Å². The summed E-state index contributed by atoms with van der Waals surface area (Å²) in [6.45, 7) is 1.75. The van der Waals surface area contributed by atoms with E-state index in [0.29, 0.717) is 26.4 Å². The molecule has 146 valence electrons. The first-order chi connectivity index (χ1) is 14.1. The van der Waals surface area contributed by atoms with Crippen molar-refractivity contribution < 1.29 is 13.9 Å². The van der Waals surface area contributed by atoms with Crippen LogP contribution in [0.2, 0.25) is 0 Å². The van der Waals surface area contributed by atoms with Crippen molar-refractivity contribution in [1.29, 1.82) is 0 Å². The maximum atomic E-state index is 13.2. The van der Waals surface area contributed by atoms with Gasteiger partial charge in [-0.25, -0.2) is 9.79 Å². The molecule has 0 saturated heterocycles.